The van der Waals surface area contributed by atoms with E-state index in [2.05, 4.69) is 456 Å². The summed E-state index contributed by atoms with van der Waals surface area (Å²) in [4.78, 5) is 9.60. The summed E-state index contributed by atoms with van der Waals surface area (Å²) in [7, 11) is 0. The number of rotatable bonds is 16. The van der Waals surface area contributed by atoms with Gasteiger partial charge in [0.1, 0.15) is 0 Å². The van der Waals surface area contributed by atoms with E-state index in [4.69, 9.17) is 0 Å². The number of benzene rings is 20. The fourth-order valence-corrected chi connectivity index (χ4v) is 16.1. The van der Waals surface area contributed by atoms with Gasteiger partial charge in [0.05, 0.1) is 22.7 Å². The molecule has 0 N–H and O–H groups in total. The topological polar surface area (TPSA) is 13.0 Å². The molecule has 508 valence electrons. The molecule has 0 bridgehead atoms. The molecule has 0 saturated heterocycles. The van der Waals surface area contributed by atoms with Crippen molar-refractivity contribution < 1.29 is 0 Å². The predicted molar refractivity (Wildman–Crippen MR) is 461 cm³/mol. The van der Waals surface area contributed by atoms with Crippen molar-refractivity contribution in [2.24, 2.45) is 0 Å². The van der Waals surface area contributed by atoms with Crippen LogP contribution in [0.2, 0.25) is 0 Å². The van der Waals surface area contributed by atoms with Crippen LogP contribution in [0.25, 0.3) is 109 Å². The first kappa shape index (κ1) is 64.5. The molecular weight excluding hydrogens is 1310 g/mol. The van der Waals surface area contributed by atoms with E-state index in [1.54, 1.807) is 0 Å². The maximum atomic E-state index is 2.41. The highest BCUT2D eigenvalue weighted by Crippen LogP contribution is 2.51. The number of anilines is 12. The molecule has 0 fully saturated rings. The van der Waals surface area contributed by atoms with Crippen molar-refractivity contribution in [3.8, 4) is 44.5 Å². The van der Waals surface area contributed by atoms with E-state index in [-0.39, 0.29) is 0 Å². The van der Waals surface area contributed by atoms with Crippen LogP contribution in [-0.4, -0.2) is 0 Å². The predicted octanol–water partition coefficient (Wildman–Crippen LogP) is 29.7. The quantitative estimate of drug-likeness (QED) is 0.0894. The zero-order chi connectivity index (χ0) is 71.7. The molecule has 0 atom stereocenters. The van der Waals surface area contributed by atoms with Crippen LogP contribution in [0.3, 0.4) is 0 Å². The fraction of sp³-hybridized carbons (Fsp3) is 0. The number of nitrogens with zero attached hydrogens (tertiary/aromatic N) is 4. The molecule has 0 saturated carbocycles. The summed E-state index contributed by atoms with van der Waals surface area (Å²) < 4.78 is 0. The molecule has 0 heterocycles. The summed E-state index contributed by atoms with van der Waals surface area (Å²) in [5.74, 6) is 0. The van der Waals surface area contributed by atoms with Gasteiger partial charge in [-0.3, -0.25) is 0 Å². The Bertz CT molecular complexity index is 6100. The molecule has 0 aliphatic carbocycles. The van der Waals surface area contributed by atoms with Crippen molar-refractivity contribution in [2.45, 2.75) is 0 Å². The second-order valence-electron chi connectivity index (χ2n) is 27.5. The normalized spacial score (nSPS) is 11.3. The Morgan fingerprint density at radius 1 is 0.120 bits per heavy atom. The van der Waals surface area contributed by atoms with Gasteiger partial charge in [0, 0.05) is 67.0 Å². The summed E-state index contributed by atoms with van der Waals surface area (Å²) in [6.07, 6.45) is 0. The Hall–Kier alpha value is -14.3. The Morgan fingerprint density at radius 2 is 0.306 bits per heavy atom. The molecule has 0 aromatic heterocycles. The minimum atomic E-state index is 1.12. The van der Waals surface area contributed by atoms with Crippen molar-refractivity contribution in [1.29, 1.82) is 0 Å². The second kappa shape index (κ2) is 28.4. The minimum absolute atomic E-state index is 1.12. The third-order valence-electron chi connectivity index (χ3n) is 21.1. The van der Waals surface area contributed by atoms with E-state index >= 15 is 0 Å². The monoisotopic (exact) mass is 1380 g/mol. The average molecular weight is 1380 g/mol. The van der Waals surface area contributed by atoms with Gasteiger partial charge < -0.3 is 19.6 Å². The molecule has 20 rings (SSSR count). The largest absolute Gasteiger partial charge is 0.310 e. The van der Waals surface area contributed by atoms with Gasteiger partial charge in [0.15, 0.2) is 0 Å². The molecular formula is C104H72N4. The molecule has 0 amide bonds. The third kappa shape index (κ3) is 12.1. The molecule has 20 aromatic rings. The number of hydrogen-bond donors (Lipinski definition) is 0. The molecule has 0 aliphatic heterocycles. The lowest BCUT2D eigenvalue weighted by Crippen LogP contribution is -2.11. The smallest absolute Gasteiger partial charge is 0.0540 e. The van der Waals surface area contributed by atoms with Gasteiger partial charge in [0.25, 0.3) is 0 Å². The highest BCUT2D eigenvalue weighted by Gasteiger charge is 2.25. The molecule has 20 aromatic carbocycles. The molecule has 0 unspecified atom stereocenters. The van der Waals surface area contributed by atoms with E-state index in [0.29, 0.717) is 0 Å². The standard InChI is InChI=1S/2C52H36N2/c1-5-15-37(16-6-1)41-19-13-25-45(35-41)53(43-21-9-3-10-22-43)49-33-29-39-28-32-48-50(34-30-40-27-31-47(49)51(39)52(40)48)54(44-23-11-4-12-24-44)46-26-14-20-42(36-46)38-17-7-2-8-18-38;1-5-13-37(14-6-1)39-21-29-45(30-22-39)53(43-17-9-3-10-18-43)49-35-27-41-26-34-48-50(36-28-42-25-33-47(49)51(41)52(42)48)54(44-19-11-4-12-20-44)46-31-23-40(24-32-46)38-15-7-2-8-16-38/h2*1-36H. The molecule has 4 heteroatoms. The SMILES string of the molecule is c1ccc(-c2ccc(N(c3ccccc3)c3ccc4ccc5c(N(c6ccccc6)c6ccc(-c7ccccc7)cc6)ccc6ccc3c4c65)cc2)cc1.c1ccc(-c2cccc(N(c3ccccc3)c3ccc4ccc5c(N(c6ccccc6)c6cccc(-c7ccccc7)c6)ccc6ccc3c4c65)c2)cc1. The van der Waals surface area contributed by atoms with Gasteiger partial charge in [-0.1, -0.05) is 315 Å². The van der Waals surface area contributed by atoms with Gasteiger partial charge >= 0.3 is 0 Å². The van der Waals surface area contributed by atoms with Gasteiger partial charge in [0.2, 0.25) is 0 Å². The number of para-hydroxylation sites is 4. The van der Waals surface area contributed by atoms with Crippen LogP contribution in [0.15, 0.2) is 437 Å². The van der Waals surface area contributed by atoms with Crippen molar-refractivity contribution in [1.82, 2.24) is 0 Å². The zero-order valence-electron chi connectivity index (χ0n) is 59.4. The van der Waals surface area contributed by atoms with Crippen LogP contribution in [-0.2, 0) is 0 Å². The third-order valence-corrected chi connectivity index (χ3v) is 21.1. The molecule has 108 heavy (non-hydrogen) atoms. The average Bonchev–Trinajstić information content (AvgIpc) is 0.725. The minimum Gasteiger partial charge on any atom is -0.310 e. The van der Waals surface area contributed by atoms with Crippen molar-refractivity contribution in [3.63, 3.8) is 0 Å². The lowest BCUT2D eigenvalue weighted by atomic mass is 9.91. The van der Waals surface area contributed by atoms with Crippen LogP contribution < -0.4 is 19.6 Å². The first-order valence-electron chi connectivity index (χ1n) is 37.0. The molecule has 0 radical (unpaired) electrons. The van der Waals surface area contributed by atoms with Gasteiger partial charge in [-0.15, -0.1) is 0 Å². The summed E-state index contributed by atoms with van der Waals surface area (Å²) >= 11 is 0. The van der Waals surface area contributed by atoms with E-state index in [1.165, 1.54) is 109 Å². The van der Waals surface area contributed by atoms with Crippen molar-refractivity contribution in [3.05, 3.63) is 437 Å². The van der Waals surface area contributed by atoms with E-state index in [1.807, 2.05) is 0 Å². The maximum Gasteiger partial charge on any atom is 0.0540 e. The van der Waals surface area contributed by atoms with E-state index < -0.39 is 0 Å². The first-order valence-corrected chi connectivity index (χ1v) is 37.0. The van der Waals surface area contributed by atoms with Gasteiger partial charge in [-0.05, 0) is 209 Å². The summed E-state index contributed by atoms with van der Waals surface area (Å²) in [6, 6.07) is 158. The second-order valence-corrected chi connectivity index (χ2v) is 27.5. The van der Waals surface area contributed by atoms with Gasteiger partial charge in [-0.25, -0.2) is 0 Å². The Kier molecular flexibility index (Phi) is 17.0. The Balaban J connectivity index is 0.000000147. The maximum absolute atomic E-state index is 2.41. The Morgan fingerprint density at radius 3 is 0.565 bits per heavy atom. The summed E-state index contributed by atoms with van der Waals surface area (Å²) in [5, 5.41) is 14.9. The highest BCUT2D eigenvalue weighted by atomic mass is 15.2. The van der Waals surface area contributed by atoms with Crippen LogP contribution in [0.1, 0.15) is 0 Å². The van der Waals surface area contributed by atoms with Crippen LogP contribution >= 0.6 is 0 Å². The zero-order valence-corrected chi connectivity index (χ0v) is 59.4. The molecule has 4 nitrogen and oxygen atoms in total. The lowest BCUT2D eigenvalue weighted by Gasteiger charge is -2.29. The lowest BCUT2D eigenvalue weighted by molar-refractivity contribution is 1.30. The van der Waals surface area contributed by atoms with Crippen LogP contribution in [0.4, 0.5) is 68.2 Å². The van der Waals surface area contributed by atoms with Crippen LogP contribution in [0.5, 0.6) is 0 Å². The van der Waals surface area contributed by atoms with E-state index in [0.717, 1.165) is 68.2 Å². The fourth-order valence-electron chi connectivity index (χ4n) is 16.1. The van der Waals surface area contributed by atoms with Crippen molar-refractivity contribution >= 4 is 133 Å². The molecule has 0 aliphatic rings. The number of hydrogen-bond acceptors (Lipinski definition) is 4. The summed E-state index contributed by atoms with van der Waals surface area (Å²) in [6.45, 7) is 0. The Labute approximate surface area is 629 Å². The van der Waals surface area contributed by atoms with Crippen LogP contribution in [0, 0.1) is 0 Å². The van der Waals surface area contributed by atoms with Crippen molar-refractivity contribution in [2.75, 3.05) is 19.6 Å². The first-order chi connectivity index (χ1) is 53.6. The van der Waals surface area contributed by atoms with Gasteiger partial charge in [-0.2, -0.15) is 0 Å². The molecule has 0 spiro atoms. The summed E-state index contributed by atoms with van der Waals surface area (Å²) in [5.41, 5.74) is 23.1. The highest BCUT2D eigenvalue weighted by molar-refractivity contribution is 6.30. The van der Waals surface area contributed by atoms with E-state index in [9.17, 15) is 0 Å².